The zero-order chi connectivity index (χ0) is 21.8. The molecule has 1 N–H and O–H groups in total. The molecule has 1 heterocycles. The number of rotatable bonds is 6. The van der Waals surface area contributed by atoms with Gasteiger partial charge in [-0.3, -0.25) is 9.36 Å². The predicted molar refractivity (Wildman–Crippen MR) is 122 cm³/mol. The highest BCUT2D eigenvalue weighted by molar-refractivity contribution is 7.99. The molecule has 0 fully saturated rings. The van der Waals surface area contributed by atoms with Crippen LogP contribution in [-0.2, 0) is 4.79 Å². The van der Waals surface area contributed by atoms with E-state index >= 15 is 0 Å². The smallest absolute Gasteiger partial charge is 0.234 e. The monoisotopic (exact) mass is 452 g/mol. The van der Waals surface area contributed by atoms with E-state index in [-0.39, 0.29) is 17.5 Å². The Morgan fingerprint density at radius 3 is 2.52 bits per heavy atom. The topological polar surface area (TPSA) is 59.8 Å². The van der Waals surface area contributed by atoms with Gasteiger partial charge in [0.1, 0.15) is 5.82 Å². The number of nitrogens with one attached hydrogen (secondary N) is 1. The number of amides is 1. The van der Waals surface area contributed by atoms with Gasteiger partial charge in [-0.05, 0) is 55.5 Å². The zero-order valence-corrected chi connectivity index (χ0v) is 18.1. The van der Waals surface area contributed by atoms with E-state index in [1.165, 1.54) is 36.0 Å². The standard InChI is InChI=1S/C23H18ClFN4OS/c1-15-5-11-20(12-6-15)29-22(16-3-2-4-17(24)13-16)27-28-23(29)31-14-21(30)26-19-9-7-18(25)8-10-19/h2-13H,14H2,1H3,(H,26,30). The number of carbonyl (C=O) groups excluding carboxylic acids is 1. The molecule has 0 saturated heterocycles. The summed E-state index contributed by atoms with van der Waals surface area (Å²) in [6.45, 7) is 2.02. The normalized spacial score (nSPS) is 10.8. The Labute approximate surface area is 188 Å². The largest absolute Gasteiger partial charge is 0.325 e. The van der Waals surface area contributed by atoms with Crippen LogP contribution >= 0.6 is 23.4 Å². The second-order valence-electron chi connectivity index (χ2n) is 6.83. The highest BCUT2D eigenvalue weighted by Crippen LogP contribution is 2.29. The van der Waals surface area contributed by atoms with Gasteiger partial charge in [-0.1, -0.05) is 53.2 Å². The number of thioether (sulfide) groups is 1. The first kappa shape index (κ1) is 21.1. The summed E-state index contributed by atoms with van der Waals surface area (Å²) in [7, 11) is 0. The second-order valence-corrected chi connectivity index (χ2v) is 8.21. The number of hydrogen-bond donors (Lipinski definition) is 1. The van der Waals surface area contributed by atoms with Crippen LogP contribution in [0.15, 0.2) is 78.0 Å². The maximum Gasteiger partial charge on any atom is 0.234 e. The minimum atomic E-state index is -0.355. The first-order valence-electron chi connectivity index (χ1n) is 9.46. The molecule has 0 bridgehead atoms. The molecule has 4 aromatic rings. The Morgan fingerprint density at radius 2 is 1.81 bits per heavy atom. The molecule has 31 heavy (non-hydrogen) atoms. The lowest BCUT2D eigenvalue weighted by Crippen LogP contribution is -2.14. The van der Waals surface area contributed by atoms with Crippen LogP contribution in [0, 0.1) is 12.7 Å². The van der Waals surface area contributed by atoms with Gasteiger partial charge in [0.25, 0.3) is 0 Å². The molecule has 0 saturated carbocycles. The molecule has 8 heteroatoms. The van der Waals surface area contributed by atoms with Gasteiger partial charge in [0, 0.05) is 22.0 Å². The van der Waals surface area contributed by atoms with Gasteiger partial charge in [0.15, 0.2) is 11.0 Å². The Bertz CT molecular complexity index is 1210. The highest BCUT2D eigenvalue weighted by Gasteiger charge is 2.17. The molecule has 0 aliphatic carbocycles. The molecule has 4 rings (SSSR count). The van der Waals surface area contributed by atoms with Crippen molar-refractivity contribution >= 4 is 35.0 Å². The molecule has 0 spiro atoms. The predicted octanol–water partition coefficient (Wildman–Crippen LogP) is 5.77. The van der Waals surface area contributed by atoms with Gasteiger partial charge >= 0.3 is 0 Å². The Morgan fingerprint density at radius 1 is 1.06 bits per heavy atom. The number of halogens is 2. The van der Waals surface area contributed by atoms with E-state index < -0.39 is 0 Å². The molecular formula is C23H18ClFN4OS. The molecule has 3 aromatic carbocycles. The average Bonchev–Trinajstić information content (AvgIpc) is 3.18. The Hall–Kier alpha value is -3.16. The van der Waals surface area contributed by atoms with Gasteiger partial charge < -0.3 is 5.32 Å². The lowest BCUT2D eigenvalue weighted by Gasteiger charge is -2.11. The van der Waals surface area contributed by atoms with Crippen LogP contribution in [0.1, 0.15) is 5.56 Å². The molecule has 1 aromatic heterocycles. The van der Waals surface area contributed by atoms with E-state index in [4.69, 9.17) is 11.6 Å². The first-order valence-corrected chi connectivity index (χ1v) is 10.8. The van der Waals surface area contributed by atoms with Crippen molar-refractivity contribution in [3.05, 3.63) is 89.2 Å². The molecule has 156 valence electrons. The lowest BCUT2D eigenvalue weighted by molar-refractivity contribution is -0.113. The van der Waals surface area contributed by atoms with E-state index in [9.17, 15) is 9.18 Å². The molecule has 1 amide bonds. The number of carbonyl (C=O) groups is 1. The summed E-state index contributed by atoms with van der Waals surface area (Å²) in [6.07, 6.45) is 0. The van der Waals surface area contributed by atoms with Gasteiger partial charge in [-0.15, -0.1) is 10.2 Å². The van der Waals surface area contributed by atoms with Crippen LogP contribution in [0.3, 0.4) is 0 Å². The van der Waals surface area contributed by atoms with Crippen LogP contribution in [0.4, 0.5) is 10.1 Å². The van der Waals surface area contributed by atoms with Crippen molar-refractivity contribution in [3.63, 3.8) is 0 Å². The second kappa shape index (κ2) is 9.32. The van der Waals surface area contributed by atoms with E-state index in [0.717, 1.165) is 16.8 Å². The molecule has 0 unspecified atom stereocenters. The molecule has 0 radical (unpaired) electrons. The van der Waals surface area contributed by atoms with E-state index in [2.05, 4.69) is 15.5 Å². The van der Waals surface area contributed by atoms with Gasteiger partial charge in [0.05, 0.1) is 5.75 Å². The summed E-state index contributed by atoms with van der Waals surface area (Å²) < 4.78 is 15.0. The van der Waals surface area contributed by atoms with Crippen molar-refractivity contribution in [1.82, 2.24) is 14.8 Å². The molecular weight excluding hydrogens is 435 g/mol. The summed E-state index contributed by atoms with van der Waals surface area (Å²) >= 11 is 7.44. The van der Waals surface area contributed by atoms with Crippen molar-refractivity contribution < 1.29 is 9.18 Å². The van der Waals surface area contributed by atoms with Crippen molar-refractivity contribution in [1.29, 1.82) is 0 Å². The lowest BCUT2D eigenvalue weighted by atomic mass is 10.2. The van der Waals surface area contributed by atoms with E-state index in [1.807, 2.05) is 54.0 Å². The first-order chi connectivity index (χ1) is 15.0. The molecule has 0 aliphatic rings. The fourth-order valence-corrected chi connectivity index (χ4v) is 3.91. The quantitative estimate of drug-likeness (QED) is 0.377. The van der Waals surface area contributed by atoms with Crippen LogP contribution in [0.2, 0.25) is 5.02 Å². The maximum atomic E-state index is 13.0. The van der Waals surface area contributed by atoms with Crippen molar-refractivity contribution in [2.24, 2.45) is 0 Å². The highest BCUT2D eigenvalue weighted by atomic mass is 35.5. The maximum absolute atomic E-state index is 13.0. The number of aromatic nitrogens is 3. The van der Waals surface area contributed by atoms with Crippen molar-refractivity contribution in [2.45, 2.75) is 12.1 Å². The number of hydrogen-bond acceptors (Lipinski definition) is 4. The van der Waals surface area contributed by atoms with Crippen molar-refractivity contribution in [3.8, 4) is 17.1 Å². The van der Waals surface area contributed by atoms with Gasteiger partial charge in [-0.2, -0.15) is 0 Å². The summed E-state index contributed by atoms with van der Waals surface area (Å²) in [5.41, 5.74) is 3.37. The van der Waals surface area contributed by atoms with Crippen LogP contribution < -0.4 is 5.32 Å². The third-order valence-corrected chi connectivity index (χ3v) is 5.63. The molecule has 0 atom stereocenters. The zero-order valence-electron chi connectivity index (χ0n) is 16.5. The fourth-order valence-electron chi connectivity index (χ4n) is 2.96. The molecule has 5 nitrogen and oxygen atoms in total. The third-order valence-electron chi connectivity index (χ3n) is 4.47. The summed E-state index contributed by atoms with van der Waals surface area (Å²) in [5, 5.41) is 12.6. The van der Waals surface area contributed by atoms with Crippen LogP contribution in [0.25, 0.3) is 17.1 Å². The number of anilines is 1. The number of aryl methyl sites for hydroxylation is 1. The summed E-state index contributed by atoms with van der Waals surface area (Å²) in [5.74, 6) is 0.177. The minimum absolute atomic E-state index is 0.122. The Kier molecular flexibility index (Phi) is 6.34. The number of nitrogens with zero attached hydrogens (tertiary/aromatic N) is 3. The third kappa shape index (κ3) is 5.13. The molecule has 0 aliphatic heterocycles. The van der Waals surface area contributed by atoms with Gasteiger partial charge in [0.2, 0.25) is 5.91 Å². The van der Waals surface area contributed by atoms with Crippen molar-refractivity contribution in [2.75, 3.05) is 11.1 Å². The summed E-state index contributed by atoms with van der Waals surface area (Å²) in [6, 6.07) is 21.0. The van der Waals surface area contributed by atoms with Crippen LogP contribution in [0.5, 0.6) is 0 Å². The van der Waals surface area contributed by atoms with Crippen LogP contribution in [-0.4, -0.2) is 26.4 Å². The minimum Gasteiger partial charge on any atom is -0.325 e. The van der Waals surface area contributed by atoms with Gasteiger partial charge in [-0.25, -0.2) is 4.39 Å². The Balaban J connectivity index is 1.60. The SMILES string of the molecule is Cc1ccc(-n2c(SCC(=O)Nc3ccc(F)cc3)nnc2-c2cccc(Cl)c2)cc1. The fraction of sp³-hybridized carbons (Fsp3) is 0.0870. The average molecular weight is 453 g/mol. The summed E-state index contributed by atoms with van der Waals surface area (Å²) in [4.78, 5) is 12.4. The van der Waals surface area contributed by atoms with E-state index in [1.54, 1.807) is 6.07 Å². The number of benzene rings is 3. The van der Waals surface area contributed by atoms with E-state index in [0.29, 0.717) is 21.7 Å².